The highest BCUT2D eigenvalue weighted by Crippen LogP contribution is 2.18. The van der Waals surface area contributed by atoms with Crippen LogP contribution < -0.4 is 0 Å². The van der Waals surface area contributed by atoms with Gasteiger partial charge in [0.2, 0.25) is 0 Å². The van der Waals surface area contributed by atoms with Crippen molar-refractivity contribution in [1.82, 2.24) is 0 Å². The molecule has 0 saturated heterocycles. The minimum Gasteiger partial charge on any atom is -0.450 e. The molecule has 0 spiro atoms. The van der Waals surface area contributed by atoms with Gasteiger partial charge in [-0.2, -0.15) is 0 Å². The zero-order valence-corrected chi connectivity index (χ0v) is 6.88. The first-order valence-electron chi connectivity index (χ1n) is 3.16. The van der Waals surface area contributed by atoms with Crippen molar-refractivity contribution < 1.29 is 41.4 Å². The first kappa shape index (κ1) is 16.0. The van der Waals surface area contributed by atoms with Crippen molar-refractivity contribution in [2.75, 3.05) is 0 Å². The molecule has 0 aromatic rings. The molecule has 0 saturated carbocycles. The first-order valence-corrected chi connectivity index (χ1v) is 3.16. The lowest BCUT2D eigenvalue weighted by Gasteiger charge is -2.03. The van der Waals surface area contributed by atoms with Crippen LogP contribution in [0, 0.1) is 0 Å². The van der Waals surface area contributed by atoms with E-state index in [4.69, 9.17) is 15.0 Å². The van der Waals surface area contributed by atoms with E-state index in [-0.39, 0.29) is 0 Å². The molecule has 0 aliphatic rings. The van der Waals surface area contributed by atoms with Gasteiger partial charge in [0.25, 0.3) is 19.3 Å². The maximum absolute atomic E-state index is 11.4. The summed E-state index contributed by atoms with van der Waals surface area (Å²) in [6.45, 7) is 0. The van der Waals surface area contributed by atoms with Gasteiger partial charge in [-0.05, 0) is 6.08 Å². The number of hydrogen-bond donors (Lipinski definition) is 2. The van der Waals surface area contributed by atoms with Crippen LogP contribution in [0.4, 0.5) is 31.1 Å². The molecule has 90 valence electrons. The second-order valence-corrected chi connectivity index (χ2v) is 1.89. The molecule has 0 rings (SSSR count). The molecule has 0 aromatic heterocycles. The van der Waals surface area contributed by atoms with E-state index in [9.17, 15) is 26.3 Å². The fourth-order valence-corrected chi connectivity index (χ4v) is 0.386. The Morgan fingerprint density at radius 2 is 1.20 bits per heavy atom. The Kier molecular flexibility index (Phi) is 8.49. The molecule has 9 heteroatoms. The smallest absolute Gasteiger partial charge is 0.450 e. The second-order valence-electron chi connectivity index (χ2n) is 1.89. The van der Waals surface area contributed by atoms with Crippen LogP contribution >= 0.6 is 0 Å². The molecule has 0 aliphatic carbocycles. The molecule has 0 radical (unpaired) electrons. The summed E-state index contributed by atoms with van der Waals surface area (Å²) in [4.78, 5) is 8.56. The number of hydrogen-bond acceptors (Lipinski definition) is 1. The monoisotopic (exact) mass is 240 g/mol. The molecular weight excluding hydrogens is 234 g/mol. The zero-order chi connectivity index (χ0) is 12.6. The van der Waals surface area contributed by atoms with Gasteiger partial charge in [0.1, 0.15) is 0 Å². The molecule has 0 bridgehead atoms. The number of halogens is 6. The van der Waals surface area contributed by atoms with Gasteiger partial charge in [-0.3, -0.25) is 0 Å². The average molecular weight is 240 g/mol. The van der Waals surface area contributed by atoms with Crippen LogP contribution in [0.3, 0.4) is 0 Å². The Bertz CT molecular complexity index is 201. The van der Waals surface area contributed by atoms with Crippen molar-refractivity contribution >= 4 is 6.16 Å². The van der Waals surface area contributed by atoms with Gasteiger partial charge in [0.05, 0.1) is 5.57 Å². The average Bonchev–Trinajstić information content (AvgIpc) is 1.97. The maximum atomic E-state index is 11.4. The Hall–Kier alpha value is -1.41. The minimum absolute atomic E-state index is 0.435. The molecule has 15 heavy (non-hydrogen) atoms. The van der Waals surface area contributed by atoms with Gasteiger partial charge in [0.15, 0.2) is 0 Å². The van der Waals surface area contributed by atoms with Crippen LogP contribution in [0.25, 0.3) is 0 Å². The molecular formula is C6H6F6O3. The van der Waals surface area contributed by atoms with E-state index in [0.29, 0.717) is 0 Å². The van der Waals surface area contributed by atoms with Crippen molar-refractivity contribution in [2.24, 2.45) is 0 Å². The summed E-state index contributed by atoms with van der Waals surface area (Å²) >= 11 is 0. The van der Waals surface area contributed by atoms with Gasteiger partial charge in [-0.1, -0.05) is 0 Å². The Morgan fingerprint density at radius 1 is 0.933 bits per heavy atom. The largest absolute Gasteiger partial charge is 0.503 e. The molecule has 2 N–H and O–H groups in total. The molecule has 0 unspecified atom stereocenters. The normalized spacial score (nSPS) is 9.93. The number of carboxylic acid groups (broad SMARTS) is 2. The lowest BCUT2D eigenvalue weighted by Crippen LogP contribution is -2.08. The molecule has 0 fully saturated rings. The van der Waals surface area contributed by atoms with Crippen LogP contribution in [0.2, 0.25) is 0 Å². The van der Waals surface area contributed by atoms with E-state index in [0.717, 1.165) is 0 Å². The number of rotatable bonds is 3. The quantitative estimate of drug-likeness (QED) is 0.589. The van der Waals surface area contributed by atoms with Gasteiger partial charge < -0.3 is 10.2 Å². The summed E-state index contributed by atoms with van der Waals surface area (Å²) in [5.74, 6) is 0. The standard InChI is InChI=1S/C5H4F6.CH2O3/c6-3(7)1-2(4(8)9)5(10)11;2-1(3)4/h1,3-5H;(H2,2,3,4). The summed E-state index contributed by atoms with van der Waals surface area (Å²) in [5, 5.41) is 13.9. The zero-order valence-electron chi connectivity index (χ0n) is 6.88. The predicted molar refractivity (Wildman–Crippen MR) is 36.7 cm³/mol. The topological polar surface area (TPSA) is 57.5 Å². The van der Waals surface area contributed by atoms with Gasteiger partial charge in [-0.15, -0.1) is 0 Å². The number of alkyl halides is 6. The highest BCUT2D eigenvalue weighted by Gasteiger charge is 2.22. The number of carbonyl (C=O) groups is 1. The van der Waals surface area contributed by atoms with E-state index in [2.05, 4.69) is 0 Å². The molecule has 0 amide bonds. The number of allylic oxidation sites excluding steroid dienone is 2. The third-order valence-corrected chi connectivity index (χ3v) is 0.822. The van der Waals surface area contributed by atoms with Crippen LogP contribution in [-0.2, 0) is 0 Å². The SMILES string of the molecule is FC(F)C=C(C(F)F)C(F)F.O=C(O)O. The third kappa shape index (κ3) is 12.6. The highest BCUT2D eigenvalue weighted by atomic mass is 19.3. The van der Waals surface area contributed by atoms with E-state index in [1.54, 1.807) is 0 Å². The van der Waals surface area contributed by atoms with Crippen LogP contribution in [0.15, 0.2) is 11.6 Å². The lowest BCUT2D eigenvalue weighted by molar-refractivity contribution is 0.104. The van der Waals surface area contributed by atoms with Gasteiger partial charge in [-0.25, -0.2) is 31.1 Å². The Balaban J connectivity index is 0. The molecule has 0 heterocycles. The van der Waals surface area contributed by atoms with E-state index >= 15 is 0 Å². The molecule has 0 aromatic carbocycles. The van der Waals surface area contributed by atoms with E-state index < -0.39 is 37.1 Å². The maximum Gasteiger partial charge on any atom is 0.503 e. The fraction of sp³-hybridized carbons (Fsp3) is 0.500. The van der Waals surface area contributed by atoms with Crippen LogP contribution in [-0.4, -0.2) is 35.6 Å². The van der Waals surface area contributed by atoms with Gasteiger partial charge in [0, 0.05) is 0 Å². The summed E-state index contributed by atoms with van der Waals surface area (Å²) in [5.41, 5.74) is -1.82. The summed E-state index contributed by atoms with van der Waals surface area (Å²) < 4.78 is 68.2. The van der Waals surface area contributed by atoms with Crippen molar-refractivity contribution in [3.8, 4) is 0 Å². The molecule has 0 aliphatic heterocycles. The molecule has 0 atom stereocenters. The van der Waals surface area contributed by atoms with Crippen LogP contribution in [0.5, 0.6) is 0 Å². The fourth-order valence-electron chi connectivity index (χ4n) is 0.386. The van der Waals surface area contributed by atoms with E-state index in [1.807, 2.05) is 0 Å². The lowest BCUT2D eigenvalue weighted by atomic mass is 10.3. The molecule has 3 nitrogen and oxygen atoms in total. The van der Waals surface area contributed by atoms with Crippen molar-refractivity contribution in [2.45, 2.75) is 19.3 Å². The summed E-state index contributed by atoms with van der Waals surface area (Å²) in [6.07, 6.45) is -12.6. The van der Waals surface area contributed by atoms with Crippen LogP contribution in [0.1, 0.15) is 0 Å². The Labute approximate surface area is 79.6 Å². The highest BCUT2D eigenvalue weighted by molar-refractivity contribution is 5.53. The Morgan fingerprint density at radius 3 is 1.27 bits per heavy atom. The second kappa shape index (κ2) is 7.94. The summed E-state index contributed by atoms with van der Waals surface area (Å²) in [7, 11) is 0. The summed E-state index contributed by atoms with van der Waals surface area (Å²) in [6, 6.07) is 0. The first-order chi connectivity index (χ1) is 6.68. The minimum atomic E-state index is -3.52. The third-order valence-electron chi connectivity index (χ3n) is 0.822. The van der Waals surface area contributed by atoms with Crippen molar-refractivity contribution in [3.05, 3.63) is 11.6 Å². The van der Waals surface area contributed by atoms with Gasteiger partial charge >= 0.3 is 6.16 Å². The van der Waals surface area contributed by atoms with Crippen molar-refractivity contribution in [3.63, 3.8) is 0 Å². The van der Waals surface area contributed by atoms with E-state index in [1.165, 1.54) is 0 Å². The van der Waals surface area contributed by atoms with Crippen molar-refractivity contribution in [1.29, 1.82) is 0 Å². The predicted octanol–water partition coefficient (Wildman–Crippen LogP) is 2.93.